The van der Waals surface area contributed by atoms with Crippen molar-refractivity contribution in [2.45, 2.75) is 10.9 Å². The molecule has 3 rings (SSSR count). The van der Waals surface area contributed by atoms with Gasteiger partial charge in [0.25, 0.3) is 0 Å². The van der Waals surface area contributed by atoms with Crippen LogP contribution in [0.15, 0.2) is 77.7 Å². The van der Waals surface area contributed by atoms with Crippen LogP contribution in [-0.2, 0) is 14.8 Å². The number of carbonyl (C=O) groups is 1. The maximum Gasteiger partial charge on any atom is 0.247 e. The molecule has 0 radical (unpaired) electrons. The fourth-order valence-corrected chi connectivity index (χ4v) is 4.11. The van der Waals surface area contributed by atoms with Crippen molar-refractivity contribution >= 4 is 45.8 Å². The quantitative estimate of drug-likeness (QED) is 0.170. The Hall–Kier alpha value is -3.34. The minimum Gasteiger partial charge on any atom is -0.384 e. The number of benzene rings is 3. The number of hydrogen-bond acceptors (Lipinski definition) is 6. The number of nitrogens with two attached hydrogens (primary N) is 2. The minimum absolute atomic E-state index is 0.0314. The Morgan fingerprint density at radius 3 is 2.31 bits per heavy atom. The molecule has 0 bridgehead atoms. The number of amides is 1. The van der Waals surface area contributed by atoms with Gasteiger partial charge >= 0.3 is 0 Å². The lowest BCUT2D eigenvalue weighted by atomic mass is 10.1. The summed E-state index contributed by atoms with van der Waals surface area (Å²) in [4.78, 5) is 12.8. The summed E-state index contributed by atoms with van der Waals surface area (Å²) in [6.07, 6.45) is 0. The average Bonchev–Trinajstić information content (AvgIpc) is 2.77. The Labute approximate surface area is 192 Å². The number of rotatable bonds is 8. The van der Waals surface area contributed by atoms with E-state index >= 15 is 0 Å². The third-order valence-electron chi connectivity index (χ3n) is 4.67. The summed E-state index contributed by atoms with van der Waals surface area (Å²) in [6, 6.07) is 19.5. The molecular weight excluding hydrogens is 446 g/mol. The molecule has 10 heteroatoms. The summed E-state index contributed by atoms with van der Waals surface area (Å²) in [5, 5.41) is 18.7. The van der Waals surface area contributed by atoms with Crippen molar-refractivity contribution in [3.05, 3.63) is 78.4 Å². The van der Waals surface area contributed by atoms with Gasteiger partial charge in [-0.05, 0) is 35.9 Å². The van der Waals surface area contributed by atoms with Gasteiger partial charge in [0.05, 0.1) is 4.90 Å². The molecule has 0 saturated carbocycles. The molecule has 1 amide bonds. The topological polar surface area (TPSA) is 151 Å². The summed E-state index contributed by atoms with van der Waals surface area (Å²) < 4.78 is 23.7. The SMILES string of the molecule is N=C(N)c1cccc(N[C@H](CS)C(=O)Nc2ccc(-c3ccccc3S(N)(=O)=O)cc2)c1. The summed E-state index contributed by atoms with van der Waals surface area (Å²) in [6.45, 7) is 0. The molecule has 0 heterocycles. The highest BCUT2D eigenvalue weighted by molar-refractivity contribution is 7.89. The molecular formula is C22H23N5O3S2. The predicted molar refractivity (Wildman–Crippen MR) is 131 cm³/mol. The number of nitrogens with one attached hydrogen (secondary N) is 3. The number of thiol groups is 1. The zero-order valence-corrected chi connectivity index (χ0v) is 18.7. The van der Waals surface area contributed by atoms with E-state index in [4.69, 9.17) is 16.3 Å². The molecule has 0 spiro atoms. The van der Waals surface area contributed by atoms with Crippen LogP contribution in [0.4, 0.5) is 11.4 Å². The molecule has 166 valence electrons. The maximum absolute atomic E-state index is 12.7. The monoisotopic (exact) mass is 469 g/mol. The van der Waals surface area contributed by atoms with E-state index in [0.717, 1.165) is 0 Å². The fourth-order valence-electron chi connectivity index (χ4n) is 3.09. The number of primary sulfonamides is 1. The molecule has 32 heavy (non-hydrogen) atoms. The predicted octanol–water partition coefficient (Wildman–Crippen LogP) is 2.63. The van der Waals surface area contributed by atoms with Gasteiger partial charge in [0.1, 0.15) is 11.9 Å². The zero-order chi connectivity index (χ0) is 23.3. The molecule has 0 fully saturated rings. The number of hydrogen-bond donors (Lipinski definition) is 6. The van der Waals surface area contributed by atoms with Gasteiger partial charge < -0.3 is 16.4 Å². The van der Waals surface area contributed by atoms with Crippen molar-refractivity contribution in [2.75, 3.05) is 16.4 Å². The van der Waals surface area contributed by atoms with Crippen LogP contribution >= 0.6 is 12.6 Å². The van der Waals surface area contributed by atoms with Crippen LogP contribution in [0.5, 0.6) is 0 Å². The number of nitrogen functional groups attached to an aromatic ring is 1. The standard InChI is InChI=1S/C22H23N5O3S2/c23-21(24)15-4-3-5-17(12-15)26-19(13-31)22(28)27-16-10-8-14(9-11-16)18-6-1-2-7-20(18)32(25,29)30/h1-12,19,26,31H,13H2,(H3,23,24)(H,27,28)(H2,25,29,30)/t19-/m1/s1. The summed E-state index contributed by atoms with van der Waals surface area (Å²) in [7, 11) is -3.87. The van der Waals surface area contributed by atoms with Crippen LogP contribution < -0.4 is 21.5 Å². The smallest absolute Gasteiger partial charge is 0.247 e. The van der Waals surface area contributed by atoms with Crippen molar-refractivity contribution in [1.29, 1.82) is 5.41 Å². The van der Waals surface area contributed by atoms with Gasteiger partial charge in [-0.3, -0.25) is 10.2 Å². The molecule has 8 nitrogen and oxygen atoms in total. The first-order valence-electron chi connectivity index (χ1n) is 9.54. The molecule has 0 aliphatic rings. The Morgan fingerprint density at radius 2 is 1.69 bits per heavy atom. The first kappa shape index (κ1) is 23.3. The number of carbonyl (C=O) groups excluding carboxylic acids is 1. The lowest BCUT2D eigenvalue weighted by molar-refractivity contribution is -0.116. The zero-order valence-electron chi connectivity index (χ0n) is 16.9. The third-order valence-corrected chi connectivity index (χ3v) is 6.00. The Balaban J connectivity index is 1.74. The van der Waals surface area contributed by atoms with Crippen molar-refractivity contribution in [3.63, 3.8) is 0 Å². The Morgan fingerprint density at radius 1 is 1.00 bits per heavy atom. The van der Waals surface area contributed by atoms with Gasteiger partial charge in [0, 0.05) is 28.3 Å². The van der Waals surface area contributed by atoms with E-state index in [2.05, 4.69) is 23.3 Å². The molecule has 0 saturated heterocycles. The highest BCUT2D eigenvalue weighted by atomic mass is 32.2. The van der Waals surface area contributed by atoms with Crippen LogP contribution in [0.2, 0.25) is 0 Å². The molecule has 3 aromatic carbocycles. The van der Waals surface area contributed by atoms with E-state index in [1.165, 1.54) is 6.07 Å². The lowest BCUT2D eigenvalue weighted by Gasteiger charge is -2.18. The summed E-state index contributed by atoms with van der Waals surface area (Å²) >= 11 is 4.26. The fraction of sp³-hybridized carbons (Fsp3) is 0.0909. The van der Waals surface area contributed by atoms with Gasteiger partial charge in [-0.2, -0.15) is 12.6 Å². The largest absolute Gasteiger partial charge is 0.384 e. The van der Waals surface area contributed by atoms with E-state index in [1.54, 1.807) is 66.7 Å². The Kier molecular flexibility index (Phi) is 7.18. The van der Waals surface area contributed by atoms with Crippen molar-refractivity contribution in [3.8, 4) is 11.1 Å². The number of sulfonamides is 1. The van der Waals surface area contributed by atoms with Gasteiger partial charge in [0.15, 0.2) is 0 Å². The normalized spacial score (nSPS) is 12.1. The van der Waals surface area contributed by atoms with E-state index in [9.17, 15) is 13.2 Å². The van der Waals surface area contributed by atoms with Crippen LogP contribution in [0, 0.1) is 5.41 Å². The minimum atomic E-state index is -3.87. The third kappa shape index (κ3) is 5.67. The van der Waals surface area contributed by atoms with E-state index in [0.29, 0.717) is 28.1 Å². The van der Waals surface area contributed by atoms with E-state index in [1.807, 2.05) is 0 Å². The maximum atomic E-state index is 12.7. The summed E-state index contributed by atoms with van der Waals surface area (Å²) in [5.41, 5.74) is 8.37. The van der Waals surface area contributed by atoms with Gasteiger partial charge in [-0.15, -0.1) is 0 Å². The average molecular weight is 470 g/mol. The molecule has 0 unspecified atom stereocenters. The van der Waals surface area contributed by atoms with Crippen LogP contribution in [-0.4, -0.2) is 32.0 Å². The van der Waals surface area contributed by atoms with Gasteiger partial charge in [-0.25, -0.2) is 13.6 Å². The van der Waals surface area contributed by atoms with Crippen LogP contribution in [0.1, 0.15) is 5.56 Å². The van der Waals surface area contributed by atoms with Crippen molar-refractivity contribution < 1.29 is 13.2 Å². The molecule has 0 aromatic heterocycles. The lowest BCUT2D eigenvalue weighted by Crippen LogP contribution is -2.36. The highest BCUT2D eigenvalue weighted by Gasteiger charge is 2.18. The van der Waals surface area contributed by atoms with Crippen molar-refractivity contribution in [1.82, 2.24) is 0 Å². The van der Waals surface area contributed by atoms with Crippen molar-refractivity contribution in [2.24, 2.45) is 10.9 Å². The second-order valence-electron chi connectivity index (χ2n) is 6.98. The van der Waals surface area contributed by atoms with E-state index in [-0.39, 0.29) is 22.4 Å². The molecule has 7 N–H and O–H groups in total. The van der Waals surface area contributed by atoms with Crippen LogP contribution in [0.3, 0.4) is 0 Å². The first-order chi connectivity index (χ1) is 15.2. The van der Waals surface area contributed by atoms with Gasteiger partial charge in [0.2, 0.25) is 15.9 Å². The molecule has 3 aromatic rings. The number of anilines is 2. The molecule has 1 atom stereocenters. The van der Waals surface area contributed by atoms with E-state index < -0.39 is 16.1 Å². The first-order valence-corrected chi connectivity index (χ1v) is 11.7. The summed E-state index contributed by atoms with van der Waals surface area (Å²) in [5.74, 6) is -0.133. The highest BCUT2D eigenvalue weighted by Crippen LogP contribution is 2.27. The molecule has 0 aliphatic carbocycles. The molecule has 0 aliphatic heterocycles. The Bertz CT molecular complexity index is 1240. The van der Waals surface area contributed by atoms with Gasteiger partial charge in [-0.1, -0.05) is 42.5 Å². The second-order valence-corrected chi connectivity index (χ2v) is 8.88. The van der Waals surface area contributed by atoms with Crippen LogP contribution in [0.25, 0.3) is 11.1 Å². The second kappa shape index (κ2) is 9.86. The number of amidine groups is 1.